The summed E-state index contributed by atoms with van der Waals surface area (Å²) >= 11 is 0. The van der Waals surface area contributed by atoms with E-state index >= 15 is 0 Å². The Balaban J connectivity index is 2.08. The monoisotopic (exact) mass is 169 g/mol. The van der Waals surface area contributed by atoms with Gasteiger partial charge in [-0.2, -0.15) is 0 Å². The maximum Gasteiger partial charge on any atom is 0.00698 e. The van der Waals surface area contributed by atoms with Crippen LogP contribution in [0.25, 0.3) is 0 Å². The first-order valence-electron chi connectivity index (χ1n) is 5.60. The van der Waals surface area contributed by atoms with Crippen LogP contribution in [-0.4, -0.2) is 12.6 Å². The zero-order chi connectivity index (χ0) is 8.81. The Kier molecular flexibility index (Phi) is 4.67. The summed E-state index contributed by atoms with van der Waals surface area (Å²) in [6.45, 7) is 5.75. The van der Waals surface area contributed by atoms with Gasteiger partial charge in [-0.1, -0.05) is 26.7 Å². The van der Waals surface area contributed by atoms with Crippen LogP contribution in [0, 0.1) is 5.92 Å². The van der Waals surface area contributed by atoms with Crippen LogP contribution in [-0.2, 0) is 0 Å². The molecule has 0 aliphatic heterocycles. The molecule has 0 radical (unpaired) electrons. The minimum atomic E-state index is 0.849. The van der Waals surface area contributed by atoms with Crippen LogP contribution >= 0.6 is 0 Å². The molecule has 0 aromatic carbocycles. The molecular weight excluding hydrogens is 146 g/mol. The first-order chi connectivity index (χ1) is 5.86. The molecule has 0 aromatic heterocycles. The van der Waals surface area contributed by atoms with Gasteiger partial charge in [-0.15, -0.1) is 0 Å². The van der Waals surface area contributed by atoms with Crippen LogP contribution in [0.1, 0.15) is 52.4 Å². The molecule has 0 bridgehead atoms. The topological polar surface area (TPSA) is 12.0 Å². The summed E-state index contributed by atoms with van der Waals surface area (Å²) in [5.74, 6) is 1.03. The molecule has 1 heteroatoms. The summed E-state index contributed by atoms with van der Waals surface area (Å²) in [5, 5.41) is 3.62. The Morgan fingerprint density at radius 1 is 1.17 bits per heavy atom. The summed E-state index contributed by atoms with van der Waals surface area (Å²) in [4.78, 5) is 0. The first-order valence-corrected chi connectivity index (χ1v) is 5.60. The predicted molar refractivity (Wildman–Crippen MR) is 54.3 cm³/mol. The van der Waals surface area contributed by atoms with Crippen molar-refractivity contribution in [3.63, 3.8) is 0 Å². The van der Waals surface area contributed by atoms with E-state index in [0.29, 0.717) is 0 Å². The van der Waals surface area contributed by atoms with E-state index in [9.17, 15) is 0 Å². The number of hydrogen-bond acceptors (Lipinski definition) is 1. The lowest BCUT2D eigenvalue weighted by Gasteiger charge is -2.11. The van der Waals surface area contributed by atoms with E-state index in [1.807, 2.05) is 0 Å². The van der Waals surface area contributed by atoms with E-state index in [2.05, 4.69) is 19.2 Å². The standard InChI is InChI=1S/C11H23N/c1-3-5-10-6-7-11(9-10)12-8-4-2/h10-12H,3-9H2,1-2H3. The van der Waals surface area contributed by atoms with Crippen LogP contribution in [0.4, 0.5) is 0 Å². The van der Waals surface area contributed by atoms with Crippen molar-refractivity contribution in [1.82, 2.24) is 5.32 Å². The molecule has 1 nitrogen and oxygen atoms in total. The summed E-state index contributed by atoms with van der Waals surface area (Å²) < 4.78 is 0. The lowest BCUT2D eigenvalue weighted by molar-refractivity contribution is 0.460. The third-order valence-corrected chi connectivity index (χ3v) is 2.92. The Morgan fingerprint density at radius 3 is 2.67 bits per heavy atom. The molecule has 1 aliphatic carbocycles. The van der Waals surface area contributed by atoms with Crippen LogP contribution < -0.4 is 5.32 Å². The average molecular weight is 169 g/mol. The molecule has 0 aromatic rings. The average Bonchev–Trinajstić information content (AvgIpc) is 2.50. The Labute approximate surface area is 76.9 Å². The van der Waals surface area contributed by atoms with Crippen molar-refractivity contribution in [2.45, 2.75) is 58.4 Å². The molecule has 12 heavy (non-hydrogen) atoms. The van der Waals surface area contributed by atoms with Crippen LogP contribution in [0.15, 0.2) is 0 Å². The van der Waals surface area contributed by atoms with Crippen LogP contribution in [0.2, 0.25) is 0 Å². The lowest BCUT2D eigenvalue weighted by Crippen LogP contribution is -2.26. The fourth-order valence-corrected chi connectivity index (χ4v) is 2.28. The second-order valence-electron chi connectivity index (χ2n) is 4.12. The maximum atomic E-state index is 3.62. The zero-order valence-electron chi connectivity index (χ0n) is 8.60. The quantitative estimate of drug-likeness (QED) is 0.667. The molecule has 0 saturated heterocycles. The van der Waals surface area contributed by atoms with Gasteiger partial charge < -0.3 is 5.32 Å². The van der Waals surface area contributed by atoms with Crippen molar-refractivity contribution < 1.29 is 0 Å². The van der Waals surface area contributed by atoms with Crippen molar-refractivity contribution in [3.05, 3.63) is 0 Å². The zero-order valence-corrected chi connectivity index (χ0v) is 8.60. The minimum absolute atomic E-state index is 0.849. The number of rotatable bonds is 5. The predicted octanol–water partition coefficient (Wildman–Crippen LogP) is 2.95. The van der Waals surface area contributed by atoms with Gasteiger partial charge in [0.1, 0.15) is 0 Å². The minimum Gasteiger partial charge on any atom is -0.314 e. The van der Waals surface area contributed by atoms with E-state index in [1.165, 1.54) is 45.1 Å². The van der Waals surface area contributed by atoms with Gasteiger partial charge in [0.25, 0.3) is 0 Å². The van der Waals surface area contributed by atoms with Crippen LogP contribution in [0.3, 0.4) is 0 Å². The molecular formula is C11H23N. The third kappa shape index (κ3) is 3.14. The summed E-state index contributed by atoms with van der Waals surface area (Å²) in [5.41, 5.74) is 0. The summed E-state index contributed by atoms with van der Waals surface area (Å²) in [6, 6.07) is 0.849. The molecule has 72 valence electrons. The van der Waals surface area contributed by atoms with Crippen molar-refractivity contribution >= 4 is 0 Å². The molecule has 1 fully saturated rings. The fourth-order valence-electron chi connectivity index (χ4n) is 2.28. The summed E-state index contributed by atoms with van der Waals surface area (Å²) in [7, 11) is 0. The maximum absolute atomic E-state index is 3.62. The van der Waals surface area contributed by atoms with Gasteiger partial charge >= 0.3 is 0 Å². The molecule has 1 rings (SSSR count). The molecule has 1 N–H and O–H groups in total. The smallest absolute Gasteiger partial charge is 0.00698 e. The molecule has 0 heterocycles. The molecule has 1 aliphatic rings. The van der Waals surface area contributed by atoms with E-state index in [0.717, 1.165) is 12.0 Å². The number of hydrogen-bond donors (Lipinski definition) is 1. The highest BCUT2D eigenvalue weighted by Gasteiger charge is 2.22. The normalized spacial score (nSPS) is 29.5. The highest BCUT2D eigenvalue weighted by molar-refractivity contribution is 4.79. The van der Waals surface area contributed by atoms with E-state index in [-0.39, 0.29) is 0 Å². The van der Waals surface area contributed by atoms with Gasteiger partial charge in [0, 0.05) is 6.04 Å². The second kappa shape index (κ2) is 5.58. The Hall–Kier alpha value is -0.0400. The molecule has 0 amide bonds. The van der Waals surface area contributed by atoms with Crippen molar-refractivity contribution in [3.8, 4) is 0 Å². The molecule has 1 saturated carbocycles. The van der Waals surface area contributed by atoms with Gasteiger partial charge in [-0.05, 0) is 38.1 Å². The molecule has 2 unspecified atom stereocenters. The van der Waals surface area contributed by atoms with E-state index in [4.69, 9.17) is 0 Å². The first kappa shape index (κ1) is 10.0. The lowest BCUT2D eigenvalue weighted by atomic mass is 10.0. The van der Waals surface area contributed by atoms with E-state index in [1.54, 1.807) is 0 Å². The largest absolute Gasteiger partial charge is 0.314 e. The molecule has 0 spiro atoms. The van der Waals surface area contributed by atoms with Gasteiger partial charge in [-0.3, -0.25) is 0 Å². The second-order valence-corrected chi connectivity index (χ2v) is 4.12. The van der Waals surface area contributed by atoms with Crippen LogP contribution in [0.5, 0.6) is 0 Å². The van der Waals surface area contributed by atoms with E-state index < -0.39 is 0 Å². The van der Waals surface area contributed by atoms with Crippen molar-refractivity contribution in [2.24, 2.45) is 5.92 Å². The SMILES string of the molecule is CCCNC1CCC(CCC)C1. The van der Waals surface area contributed by atoms with Gasteiger partial charge in [0.2, 0.25) is 0 Å². The summed E-state index contributed by atoms with van der Waals surface area (Å²) in [6.07, 6.45) is 8.41. The van der Waals surface area contributed by atoms with Gasteiger partial charge in [0.15, 0.2) is 0 Å². The van der Waals surface area contributed by atoms with Crippen molar-refractivity contribution in [2.75, 3.05) is 6.54 Å². The highest BCUT2D eigenvalue weighted by atomic mass is 14.9. The molecule has 2 atom stereocenters. The highest BCUT2D eigenvalue weighted by Crippen LogP contribution is 2.28. The Bertz CT molecular complexity index is 112. The third-order valence-electron chi connectivity index (χ3n) is 2.92. The van der Waals surface area contributed by atoms with Crippen molar-refractivity contribution in [1.29, 1.82) is 0 Å². The van der Waals surface area contributed by atoms with Gasteiger partial charge in [-0.25, -0.2) is 0 Å². The number of nitrogens with one attached hydrogen (secondary N) is 1. The van der Waals surface area contributed by atoms with Gasteiger partial charge in [0.05, 0.1) is 0 Å². The Morgan fingerprint density at radius 2 is 2.00 bits per heavy atom. The fraction of sp³-hybridized carbons (Fsp3) is 1.00.